The molecule has 0 fully saturated rings. The molecule has 0 atom stereocenters. The molecular weight excluding hydrogens is 296 g/mol. The van der Waals surface area contributed by atoms with Crippen LogP contribution in [0.4, 0.5) is 0 Å². The summed E-state index contributed by atoms with van der Waals surface area (Å²) in [4.78, 5) is 22.9. The summed E-state index contributed by atoms with van der Waals surface area (Å²) >= 11 is 0. The fraction of sp³-hybridized carbons (Fsp3) is 0.0909. The van der Waals surface area contributed by atoms with Gasteiger partial charge >= 0.3 is 0 Å². The number of rotatable bonds is 4. The summed E-state index contributed by atoms with van der Waals surface area (Å²) in [6, 6.07) is 19.4. The first kappa shape index (κ1) is 15.9. The van der Waals surface area contributed by atoms with Gasteiger partial charge in [-0.05, 0) is 42.2 Å². The van der Waals surface area contributed by atoms with Crippen molar-refractivity contribution in [3.05, 3.63) is 82.9 Å². The molecule has 3 aromatic rings. The minimum atomic E-state index is 0.598. The molecule has 0 unspecified atom stereocenters. The Morgan fingerprint density at radius 1 is 0.667 bits per heavy atom. The van der Waals surface area contributed by atoms with Crippen molar-refractivity contribution in [1.82, 2.24) is 0 Å². The van der Waals surface area contributed by atoms with Gasteiger partial charge in [0.15, 0.2) is 6.29 Å². The number of aldehydes is 2. The van der Waals surface area contributed by atoms with Crippen molar-refractivity contribution in [3.63, 3.8) is 0 Å². The monoisotopic (exact) mass is 314 g/mol. The first-order valence-electron chi connectivity index (χ1n) is 7.85. The molecule has 0 aromatic heterocycles. The van der Waals surface area contributed by atoms with Crippen LogP contribution in [0.3, 0.4) is 0 Å². The maximum atomic E-state index is 11.8. The zero-order valence-electron chi connectivity index (χ0n) is 13.7. The van der Waals surface area contributed by atoms with E-state index in [1.54, 1.807) is 12.1 Å². The van der Waals surface area contributed by atoms with E-state index in [4.69, 9.17) is 0 Å². The van der Waals surface area contributed by atoms with Gasteiger partial charge in [-0.15, -0.1) is 0 Å². The number of carbonyl (C=O) groups excluding carboxylic acids is 2. The van der Waals surface area contributed by atoms with Crippen LogP contribution in [0, 0.1) is 13.8 Å². The van der Waals surface area contributed by atoms with Crippen LogP contribution < -0.4 is 0 Å². The Hall–Kier alpha value is -3.00. The average molecular weight is 314 g/mol. The molecule has 24 heavy (non-hydrogen) atoms. The van der Waals surface area contributed by atoms with Crippen molar-refractivity contribution in [2.24, 2.45) is 0 Å². The van der Waals surface area contributed by atoms with E-state index in [2.05, 4.69) is 32.0 Å². The summed E-state index contributed by atoms with van der Waals surface area (Å²) in [7, 11) is 0. The lowest BCUT2D eigenvalue weighted by Crippen LogP contribution is -1.94. The highest BCUT2D eigenvalue weighted by molar-refractivity contribution is 5.97. The van der Waals surface area contributed by atoms with Gasteiger partial charge in [0.1, 0.15) is 6.29 Å². The number of benzene rings is 3. The van der Waals surface area contributed by atoms with E-state index in [0.29, 0.717) is 11.1 Å². The predicted molar refractivity (Wildman–Crippen MR) is 97.6 cm³/mol. The smallest absolute Gasteiger partial charge is 0.151 e. The second-order valence-electron chi connectivity index (χ2n) is 6.00. The van der Waals surface area contributed by atoms with Crippen LogP contribution in [0.1, 0.15) is 31.8 Å². The van der Waals surface area contributed by atoms with Crippen molar-refractivity contribution < 1.29 is 9.59 Å². The summed E-state index contributed by atoms with van der Waals surface area (Å²) in [5, 5.41) is 0. The fourth-order valence-corrected chi connectivity index (χ4v) is 3.11. The van der Waals surface area contributed by atoms with Crippen molar-refractivity contribution in [1.29, 1.82) is 0 Å². The Balaban J connectivity index is 2.23. The quantitative estimate of drug-likeness (QED) is 0.615. The molecule has 0 aliphatic heterocycles. The molecule has 0 heterocycles. The van der Waals surface area contributed by atoms with E-state index in [9.17, 15) is 9.59 Å². The van der Waals surface area contributed by atoms with Gasteiger partial charge in [0.05, 0.1) is 0 Å². The van der Waals surface area contributed by atoms with E-state index in [1.165, 1.54) is 0 Å². The molecule has 118 valence electrons. The molecule has 0 N–H and O–H groups in total. The van der Waals surface area contributed by atoms with Crippen LogP contribution in [-0.2, 0) is 0 Å². The number of aryl methyl sites for hydroxylation is 2. The molecule has 0 saturated heterocycles. The molecule has 2 nitrogen and oxygen atoms in total. The highest BCUT2D eigenvalue weighted by Gasteiger charge is 2.12. The summed E-state index contributed by atoms with van der Waals surface area (Å²) in [6.07, 6.45) is 1.72. The van der Waals surface area contributed by atoms with E-state index >= 15 is 0 Å². The van der Waals surface area contributed by atoms with Crippen LogP contribution in [0.2, 0.25) is 0 Å². The minimum Gasteiger partial charge on any atom is -0.298 e. The third-order valence-corrected chi connectivity index (χ3v) is 4.09. The van der Waals surface area contributed by atoms with Crippen molar-refractivity contribution in [2.45, 2.75) is 13.8 Å². The normalized spacial score (nSPS) is 10.4. The topological polar surface area (TPSA) is 34.1 Å². The average Bonchev–Trinajstić information content (AvgIpc) is 2.60. The zero-order valence-corrected chi connectivity index (χ0v) is 13.7. The van der Waals surface area contributed by atoms with Crippen LogP contribution in [0.25, 0.3) is 22.3 Å². The molecule has 0 aliphatic rings. The highest BCUT2D eigenvalue weighted by Crippen LogP contribution is 2.32. The van der Waals surface area contributed by atoms with Crippen LogP contribution in [0.15, 0.2) is 60.7 Å². The van der Waals surface area contributed by atoms with Crippen molar-refractivity contribution >= 4 is 12.6 Å². The SMILES string of the molecule is Cc1cc(C)cc(-c2cccc(-c3cccc(C=O)c3)c2C=O)c1. The molecule has 0 aliphatic carbocycles. The summed E-state index contributed by atoms with van der Waals surface area (Å²) in [6.45, 7) is 4.10. The molecule has 0 radical (unpaired) electrons. The van der Waals surface area contributed by atoms with E-state index < -0.39 is 0 Å². The Bertz CT molecular complexity index is 903. The van der Waals surface area contributed by atoms with Crippen LogP contribution in [0.5, 0.6) is 0 Å². The Morgan fingerprint density at radius 2 is 1.29 bits per heavy atom. The number of carbonyl (C=O) groups is 2. The Morgan fingerprint density at radius 3 is 1.92 bits per heavy atom. The second-order valence-corrected chi connectivity index (χ2v) is 6.00. The van der Waals surface area contributed by atoms with Crippen molar-refractivity contribution in [2.75, 3.05) is 0 Å². The molecule has 0 bridgehead atoms. The third kappa shape index (κ3) is 3.04. The van der Waals surface area contributed by atoms with E-state index in [1.807, 2.05) is 30.3 Å². The molecule has 2 heteroatoms. The van der Waals surface area contributed by atoms with Gasteiger partial charge in [-0.25, -0.2) is 0 Å². The summed E-state index contributed by atoms with van der Waals surface area (Å²) in [5.41, 5.74) is 7.21. The molecule has 0 spiro atoms. The second kappa shape index (κ2) is 6.63. The van der Waals surface area contributed by atoms with Gasteiger partial charge in [0.25, 0.3) is 0 Å². The van der Waals surface area contributed by atoms with Gasteiger partial charge in [0, 0.05) is 11.1 Å². The first-order chi connectivity index (χ1) is 11.6. The molecular formula is C22H18O2. The summed E-state index contributed by atoms with van der Waals surface area (Å²) < 4.78 is 0. The zero-order chi connectivity index (χ0) is 17.1. The number of hydrogen-bond acceptors (Lipinski definition) is 2. The summed E-state index contributed by atoms with van der Waals surface area (Å²) in [5.74, 6) is 0. The maximum Gasteiger partial charge on any atom is 0.151 e. The largest absolute Gasteiger partial charge is 0.298 e. The van der Waals surface area contributed by atoms with Crippen LogP contribution in [-0.4, -0.2) is 12.6 Å². The van der Waals surface area contributed by atoms with Gasteiger partial charge in [-0.3, -0.25) is 9.59 Å². The molecule has 0 amide bonds. The van der Waals surface area contributed by atoms with Gasteiger partial charge < -0.3 is 0 Å². The van der Waals surface area contributed by atoms with Crippen LogP contribution >= 0.6 is 0 Å². The Labute approximate surface area is 141 Å². The third-order valence-electron chi connectivity index (χ3n) is 4.09. The van der Waals surface area contributed by atoms with Gasteiger partial charge in [0.2, 0.25) is 0 Å². The lowest BCUT2D eigenvalue weighted by Gasteiger charge is -2.12. The highest BCUT2D eigenvalue weighted by atomic mass is 16.1. The van der Waals surface area contributed by atoms with Gasteiger partial charge in [-0.1, -0.05) is 65.7 Å². The first-order valence-corrected chi connectivity index (χ1v) is 7.85. The number of hydrogen-bond donors (Lipinski definition) is 0. The molecule has 0 saturated carbocycles. The minimum absolute atomic E-state index is 0.598. The molecule has 3 aromatic carbocycles. The van der Waals surface area contributed by atoms with Gasteiger partial charge in [-0.2, -0.15) is 0 Å². The molecule has 3 rings (SSSR count). The standard InChI is InChI=1S/C22H18O2/c1-15-9-16(2)11-19(10-15)21-8-4-7-20(22(21)14-24)18-6-3-5-17(12-18)13-23/h3-14H,1-2H3. The van der Waals surface area contributed by atoms with Crippen molar-refractivity contribution in [3.8, 4) is 22.3 Å². The van der Waals surface area contributed by atoms with E-state index in [-0.39, 0.29) is 0 Å². The lowest BCUT2D eigenvalue weighted by atomic mass is 9.91. The lowest BCUT2D eigenvalue weighted by molar-refractivity contribution is 0.111. The Kier molecular flexibility index (Phi) is 4.39. The fourth-order valence-electron chi connectivity index (χ4n) is 3.11. The van der Waals surface area contributed by atoms with E-state index in [0.717, 1.165) is 46.0 Å². The predicted octanol–water partition coefficient (Wildman–Crippen LogP) is 5.26. The maximum absolute atomic E-state index is 11.8.